The number of pyridine rings is 1. The van der Waals surface area contributed by atoms with Crippen molar-refractivity contribution in [2.24, 2.45) is 5.92 Å². The zero-order valence-electron chi connectivity index (χ0n) is 29.4. The number of carbonyl (C=O) groups is 2. The molecule has 1 aromatic rings. The molecule has 48 heavy (non-hydrogen) atoms. The molecular formula is C39H57N3O6. The minimum atomic E-state index is -1.44. The van der Waals surface area contributed by atoms with Gasteiger partial charge in [0.25, 0.3) is 0 Å². The van der Waals surface area contributed by atoms with Crippen molar-refractivity contribution in [3.63, 3.8) is 0 Å². The Hall–Kier alpha value is -3.27. The van der Waals surface area contributed by atoms with Gasteiger partial charge >= 0.3 is 12.1 Å². The second-order valence-corrected chi connectivity index (χ2v) is 14.1. The van der Waals surface area contributed by atoms with E-state index in [1.54, 1.807) is 24.1 Å². The first-order chi connectivity index (χ1) is 23.0. The predicted molar refractivity (Wildman–Crippen MR) is 188 cm³/mol. The van der Waals surface area contributed by atoms with Crippen LogP contribution >= 0.6 is 0 Å². The number of ether oxygens (including phenoxy) is 2. The van der Waals surface area contributed by atoms with Crippen LogP contribution in [0.2, 0.25) is 0 Å². The number of piperazine rings is 1. The molecule has 2 fully saturated rings. The molecular weight excluding hydrogens is 606 g/mol. The van der Waals surface area contributed by atoms with E-state index in [0.717, 1.165) is 24.4 Å². The number of rotatable bonds is 7. The molecule has 1 unspecified atom stereocenters. The molecule has 0 radical (unpaired) electrons. The van der Waals surface area contributed by atoms with E-state index in [2.05, 4.69) is 22.9 Å². The van der Waals surface area contributed by atoms with Crippen molar-refractivity contribution in [1.29, 1.82) is 0 Å². The van der Waals surface area contributed by atoms with Gasteiger partial charge in [0.1, 0.15) is 11.7 Å². The summed E-state index contributed by atoms with van der Waals surface area (Å²) in [6, 6.07) is 6.47. The van der Waals surface area contributed by atoms with Gasteiger partial charge < -0.3 is 24.6 Å². The van der Waals surface area contributed by atoms with Crippen LogP contribution in [0.15, 0.2) is 72.5 Å². The summed E-state index contributed by atoms with van der Waals surface area (Å²) in [7, 11) is 0. The maximum absolute atomic E-state index is 13.4. The lowest BCUT2D eigenvalue weighted by atomic mass is 9.89. The van der Waals surface area contributed by atoms with E-state index in [0.29, 0.717) is 19.1 Å². The van der Waals surface area contributed by atoms with Crippen LogP contribution in [0.3, 0.4) is 0 Å². The number of cyclic esters (lactones) is 1. The van der Waals surface area contributed by atoms with Crippen LogP contribution in [0.25, 0.3) is 0 Å². The van der Waals surface area contributed by atoms with E-state index in [9.17, 15) is 19.8 Å². The number of allylic oxidation sites excluding steroid dienone is 5. The Balaban J connectivity index is 1.43. The Labute approximate surface area is 287 Å². The average Bonchev–Trinajstić information content (AvgIpc) is 3.37. The minimum absolute atomic E-state index is 0.146. The number of aliphatic hydroxyl groups is 2. The van der Waals surface area contributed by atoms with Crippen LogP contribution < -0.4 is 0 Å². The van der Waals surface area contributed by atoms with Gasteiger partial charge in [-0.3, -0.25) is 14.7 Å². The normalized spacial score (nSPS) is 30.7. The molecule has 0 spiro atoms. The highest BCUT2D eigenvalue weighted by molar-refractivity contribution is 5.70. The van der Waals surface area contributed by atoms with Crippen molar-refractivity contribution in [3.8, 4) is 0 Å². The third-order valence-corrected chi connectivity index (χ3v) is 10.0. The molecule has 0 bridgehead atoms. The lowest BCUT2D eigenvalue weighted by Gasteiger charge is -2.40. The number of aromatic nitrogens is 1. The van der Waals surface area contributed by atoms with Crippen LogP contribution in [0.4, 0.5) is 4.79 Å². The van der Waals surface area contributed by atoms with E-state index in [4.69, 9.17) is 9.47 Å². The Morgan fingerprint density at radius 1 is 1.06 bits per heavy atom. The molecule has 9 heteroatoms. The van der Waals surface area contributed by atoms with Crippen molar-refractivity contribution in [1.82, 2.24) is 14.8 Å². The van der Waals surface area contributed by atoms with E-state index >= 15 is 0 Å². The van der Waals surface area contributed by atoms with Gasteiger partial charge in [0.15, 0.2) is 6.10 Å². The summed E-state index contributed by atoms with van der Waals surface area (Å²) < 4.78 is 11.9. The molecule has 2 N–H and O–H groups in total. The monoisotopic (exact) mass is 663 g/mol. The molecule has 1 aromatic heterocycles. The van der Waals surface area contributed by atoms with Gasteiger partial charge in [-0.15, -0.1) is 0 Å². The van der Waals surface area contributed by atoms with Crippen LogP contribution in [-0.2, 0) is 14.3 Å². The molecule has 4 rings (SSSR count). The zero-order chi connectivity index (χ0) is 34.5. The molecule has 1 saturated heterocycles. The molecule has 6 atom stereocenters. The Morgan fingerprint density at radius 3 is 2.48 bits per heavy atom. The molecule has 2 aliphatic heterocycles. The second kappa shape index (κ2) is 18.5. The third kappa shape index (κ3) is 11.4. The molecule has 3 aliphatic rings. The lowest BCUT2D eigenvalue weighted by molar-refractivity contribution is -0.151. The summed E-state index contributed by atoms with van der Waals surface area (Å²) in [4.78, 5) is 34.9. The number of amides is 1. The molecule has 9 nitrogen and oxygen atoms in total. The first-order valence-electron chi connectivity index (χ1n) is 17.9. The fraction of sp³-hybridized carbons (Fsp3) is 0.615. The van der Waals surface area contributed by atoms with Crippen LogP contribution in [0, 0.1) is 5.92 Å². The number of nitrogens with zero attached hydrogens (tertiary/aromatic N) is 3. The largest absolute Gasteiger partial charge is 0.457 e. The van der Waals surface area contributed by atoms with Crippen LogP contribution in [0.1, 0.15) is 97.1 Å². The minimum Gasteiger partial charge on any atom is -0.457 e. The first kappa shape index (κ1) is 37.5. The maximum atomic E-state index is 13.4. The average molecular weight is 664 g/mol. The summed E-state index contributed by atoms with van der Waals surface area (Å²) >= 11 is 0. The van der Waals surface area contributed by atoms with Crippen molar-refractivity contribution in [3.05, 3.63) is 78.2 Å². The number of aliphatic hydroxyl groups excluding tert-OH is 1. The van der Waals surface area contributed by atoms with Gasteiger partial charge in [0, 0.05) is 55.9 Å². The van der Waals surface area contributed by atoms with Crippen molar-refractivity contribution < 1.29 is 29.3 Å². The number of hydrogen-bond acceptors (Lipinski definition) is 8. The van der Waals surface area contributed by atoms with Crippen molar-refractivity contribution >= 4 is 12.1 Å². The second-order valence-electron chi connectivity index (χ2n) is 14.1. The lowest BCUT2D eigenvalue weighted by Crippen LogP contribution is -2.53. The highest BCUT2D eigenvalue weighted by Crippen LogP contribution is 2.28. The summed E-state index contributed by atoms with van der Waals surface area (Å²) in [6.45, 7) is 10.4. The quantitative estimate of drug-likeness (QED) is 0.147. The number of esters is 1. The van der Waals surface area contributed by atoms with Gasteiger partial charge in [0.2, 0.25) is 0 Å². The number of hydrogen-bond donors (Lipinski definition) is 2. The van der Waals surface area contributed by atoms with Crippen molar-refractivity contribution in [2.45, 2.75) is 121 Å². The van der Waals surface area contributed by atoms with E-state index < -0.39 is 36.0 Å². The highest BCUT2D eigenvalue weighted by atomic mass is 16.6. The third-order valence-electron chi connectivity index (χ3n) is 10.0. The highest BCUT2D eigenvalue weighted by Gasteiger charge is 2.37. The Morgan fingerprint density at radius 2 is 1.79 bits per heavy atom. The van der Waals surface area contributed by atoms with E-state index in [1.165, 1.54) is 38.5 Å². The number of carbonyl (C=O) groups excluding carboxylic acids is 2. The van der Waals surface area contributed by atoms with Gasteiger partial charge in [0.05, 0.1) is 12.5 Å². The molecule has 0 aromatic carbocycles. The SMILES string of the molecule is C\C(=C/C=C/C=C/[C@H](C)c1ccccn1)[C@H]1OC(=O)C[C@@H](O)CC[C@](C)(O)C(OC(=O)N2CCN(C3CCCCCC3)CC2)/C=C/[C@@H]1C. The summed E-state index contributed by atoms with van der Waals surface area (Å²) in [5.74, 6) is -0.630. The molecule has 3 heterocycles. The molecule has 1 saturated carbocycles. The molecule has 1 amide bonds. The fourth-order valence-corrected chi connectivity index (χ4v) is 6.87. The van der Waals surface area contributed by atoms with E-state index in [1.807, 2.05) is 62.4 Å². The van der Waals surface area contributed by atoms with E-state index in [-0.39, 0.29) is 31.1 Å². The Kier molecular flexibility index (Phi) is 14.5. The Bertz CT molecular complexity index is 1280. The first-order valence-corrected chi connectivity index (χ1v) is 17.9. The summed E-state index contributed by atoms with van der Waals surface area (Å²) in [5, 5.41) is 22.2. The van der Waals surface area contributed by atoms with Gasteiger partial charge in [-0.25, -0.2) is 4.79 Å². The van der Waals surface area contributed by atoms with Gasteiger partial charge in [-0.2, -0.15) is 0 Å². The molecule has 264 valence electrons. The van der Waals surface area contributed by atoms with Crippen LogP contribution in [0.5, 0.6) is 0 Å². The zero-order valence-corrected chi connectivity index (χ0v) is 29.4. The summed E-state index contributed by atoms with van der Waals surface area (Å²) in [5.41, 5.74) is 0.369. The smallest absolute Gasteiger partial charge is 0.410 e. The maximum Gasteiger partial charge on any atom is 0.410 e. The van der Waals surface area contributed by atoms with Crippen LogP contribution in [-0.4, -0.2) is 93.2 Å². The van der Waals surface area contributed by atoms with Gasteiger partial charge in [-0.05, 0) is 63.3 Å². The van der Waals surface area contributed by atoms with Gasteiger partial charge in [-0.1, -0.05) is 82.1 Å². The van der Waals surface area contributed by atoms with Crippen molar-refractivity contribution in [2.75, 3.05) is 26.2 Å². The summed E-state index contributed by atoms with van der Waals surface area (Å²) in [6.07, 6.45) is 19.9. The molecule has 1 aliphatic carbocycles. The topological polar surface area (TPSA) is 112 Å². The predicted octanol–water partition coefficient (Wildman–Crippen LogP) is 6.49. The standard InChI is InChI=1S/C39H57N3O6/c1-29(34-18-12-13-23-40-34)14-8-7-9-15-30(2)37-31(3)19-20-35(39(4,46)22-21-33(43)28-36(44)48-37)47-38(45)42-26-24-41(25-27-42)32-16-10-5-6-11-17-32/h7-9,12-15,18-20,23,29,31-33,35,37,43,46H,5-6,10-11,16-17,21-22,24-28H2,1-4H3/b9-7+,14-8+,20-19+,30-15+/t29-,31-,33-,35?,37+,39-/m0/s1. The fourth-order valence-electron chi connectivity index (χ4n) is 6.87.